The van der Waals surface area contributed by atoms with Gasteiger partial charge in [-0.3, -0.25) is 0 Å². The fraction of sp³-hybridized carbons (Fsp3) is 0. The smallest absolute Gasteiger partial charge is 0.176 e. The second-order valence-electron chi connectivity index (χ2n) is 2.16. The standard InChI is InChI=1S/C7H3N5S2/c8-1-5-2-10-6(3-9-5)13-7-11-4-12-14-7/h2-4H. The second kappa shape index (κ2) is 4.13. The minimum Gasteiger partial charge on any atom is -0.245 e. The van der Waals surface area contributed by atoms with Crippen LogP contribution in [0, 0.1) is 11.3 Å². The van der Waals surface area contributed by atoms with Crippen molar-refractivity contribution in [1.82, 2.24) is 19.3 Å². The van der Waals surface area contributed by atoms with Gasteiger partial charge in [-0.25, -0.2) is 15.0 Å². The van der Waals surface area contributed by atoms with Crippen molar-refractivity contribution in [3.05, 3.63) is 24.4 Å². The van der Waals surface area contributed by atoms with Crippen LogP contribution in [0.2, 0.25) is 0 Å². The maximum Gasteiger partial charge on any atom is 0.176 e. The predicted octanol–water partition coefficient (Wildman–Crippen LogP) is 1.35. The molecule has 0 spiro atoms. The van der Waals surface area contributed by atoms with Gasteiger partial charge in [-0.05, 0) is 23.3 Å². The van der Waals surface area contributed by atoms with Crippen LogP contribution in [-0.2, 0) is 0 Å². The SMILES string of the molecule is N#Cc1cnc(Sc2ncns2)cn1. The summed E-state index contributed by atoms with van der Waals surface area (Å²) in [5.41, 5.74) is 0.312. The van der Waals surface area contributed by atoms with Gasteiger partial charge in [-0.2, -0.15) is 9.64 Å². The Morgan fingerprint density at radius 1 is 1.29 bits per heavy atom. The molecule has 2 heterocycles. The van der Waals surface area contributed by atoms with Crippen LogP contribution < -0.4 is 0 Å². The summed E-state index contributed by atoms with van der Waals surface area (Å²) >= 11 is 2.67. The molecule has 0 amide bonds. The molecule has 0 aliphatic carbocycles. The first kappa shape index (κ1) is 9.05. The molecule has 0 aromatic carbocycles. The summed E-state index contributed by atoms with van der Waals surface area (Å²) in [4.78, 5) is 11.9. The van der Waals surface area contributed by atoms with E-state index in [0.29, 0.717) is 10.7 Å². The van der Waals surface area contributed by atoms with Gasteiger partial charge >= 0.3 is 0 Å². The molecular formula is C7H3N5S2. The molecule has 14 heavy (non-hydrogen) atoms. The minimum atomic E-state index is 0.312. The Kier molecular flexibility index (Phi) is 2.67. The Hall–Kier alpha value is -1.52. The van der Waals surface area contributed by atoms with Gasteiger partial charge in [0.2, 0.25) is 0 Å². The van der Waals surface area contributed by atoms with Gasteiger partial charge in [0, 0.05) is 0 Å². The summed E-state index contributed by atoms with van der Waals surface area (Å²) in [6.45, 7) is 0. The monoisotopic (exact) mass is 221 g/mol. The lowest BCUT2D eigenvalue weighted by Crippen LogP contribution is -1.86. The van der Waals surface area contributed by atoms with E-state index in [9.17, 15) is 0 Å². The molecule has 0 N–H and O–H groups in total. The normalized spacial score (nSPS) is 9.64. The van der Waals surface area contributed by atoms with Crippen LogP contribution in [0.15, 0.2) is 28.1 Å². The average Bonchev–Trinajstić information content (AvgIpc) is 2.72. The van der Waals surface area contributed by atoms with Crippen LogP contribution in [-0.4, -0.2) is 19.3 Å². The zero-order valence-electron chi connectivity index (χ0n) is 6.78. The van der Waals surface area contributed by atoms with Crippen molar-refractivity contribution in [2.24, 2.45) is 0 Å². The fourth-order valence-electron chi connectivity index (χ4n) is 0.724. The zero-order chi connectivity index (χ0) is 9.80. The highest BCUT2D eigenvalue weighted by Gasteiger charge is 2.02. The van der Waals surface area contributed by atoms with E-state index < -0.39 is 0 Å². The van der Waals surface area contributed by atoms with Gasteiger partial charge in [0.05, 0.1) is 12.4 Å². The summed E-state index contributed by atoms with van der Waals surface area (Å²) in [5, 5.41) is 9.21. The lowest BCUT2D eigenvalue weighted by molar-refractivity contribution is 1.03. The number of nitrogens with zero attached hydrogens (tertiary/aromatic N) is 5. The maximum absolute atomic E-state index is 8.51. The van der Waals surface area contributed by atoms with E-state index in [1.165, 1.54) is 35.8 Å². The van der Waals surface area contributed by atoms with Crippen molar-refractivity contribution < 1.29 is 0 Å². The molecule has 0 saturated carbocycles. The molecule has 5 nitrogen and oxygen atoms in total. The molecule has 2 rings (SSSR count). The molecule has 0 saturated heterocycles. The first-order valence-electron chi connectivity index (χ1n) is 3.55. The van der Waals surface area contributed by atoms with Crippen LogP contribution in [0.5, 0.6) is 0 Å². The topological polar surface area (TPSA) is 75.3 Å². The predicted molar refractivity (Wildman–Crippen MR) is 50.8 cm³/mol. The van der Waals surface area contributed by atoms with E-state index in [2.05, 4.69) is 19.3 Å². The quantitative estimate of drug-likeness (QED) is 0.762. The fourth-order valence-corrected chi connectivity index (χ4v) is 2.03. The van der Waals surface area contributed by atoms with E-state index in [4.69, 9.17) is 5.26 Å². The molecule has 7 heteroatoms. The second-order valence-corrected chi connectivity index (χ2v) is 4.21. The van der Waals surface area contributed by atoms with Crippen LogP contribution >= 0.6 is 23.3 Å². The van der Waals surface area contributed by atoms with Gasteiger partial charge in [0.15, 0.2) is 10.0 Å². The van der Waals surface area contributed by atoms with E-state index in [1.807, 2.05) is 6.07 Å². The highest BCUT2D eigenvalue weighted by molar-refractivity contribution is 8.00. The minimum absolute atomic E-state index is 0.312. The molecule has 2 aromatic heterocycles. The Morgan fingerprint density at radius 2 is 2.21 bits per heavy atom. The number of nitriles is 1. The summed E-state index contributed by atoms with van der Waals surface area (Å²) in [6.07, 6.45) is 4.47. The summed E-state index contributed by atoms with van der Waals surface area (Å²) in [6, 6.07) is 1.90. The zero-order valence-corrected chi connectivity index (χ0v) is 8.42. The van der Waals surface area contributed by atoms with Crippen LogP contribution in [0.25, 0.3) is 0 Å². The summed E-state index contributed by atoms with van der Waals surface area (Å²) < 4.78 is 4.67. The Morgan fingerprint density at radius 3 is 2.79 bits per heavy atom. The van der Waals surface area contributed by atoms with Crippen LogP contribution in [0.4, 0.5) is 0 Å². The van der Waals surface area contributed by atoms with Crippen molar-refractivity contribution in [3.8, 4) is 6.07 Å². The average molecular weight is 221 g/mol. The van der Waals surface area contributed by atoms with Crippen molar-refractivity contribution in [2.45, 2.75) is 9.37 Å². The third-order valence-electron chi connectivity index (χ3n) is 1.28. The third-order valence-corrected chi connectivity index (χ3v) is 2.91. The molecule has 2 aromatic rings. The first-order valence-corrected chi connectivity index (χ1v) is 5.14. The largest absolute Gasteiger partial charge is 0.245 e. The highest BCUT2D eigenvalue weighted by atomic mass is 32.2. The maximum atomic E-state index is 8.51. The lowest BCUT2D eigenvalue weighted by atomic mass is 10.5. The molecule has 0 bridgehead atoms. The van der Waals surface area contributed by atoms with Crippen molar-refractivity contribution in [2.75, 3.05) is 0 Å². The van der Waals surface area contributed by atoms with Gasteiger partial charge in [-0.1, -0.05) is 0 Å². The molecule has 68 valence electrons. The molecule has 0 unspecified atom stereocenters. The number of hydrogen-bond acceptors (Lipinski definition) is 7. The number of hydrogen-bond donors (Lipinski definition) is 0. The van der Waals surface area contributed by atoms with Crippen molar-refractivity contribution >= 4 is 23.3 Å². The molecular weight excluding hydrogens is 218 g/mol. The number of aromatic nitrogens is 4. The summed E-state index contributed by atoms with van der Waals surface area (Å²) in [7, 11) is 0. The van der Waals surface area contributed by atoms with E-state index in [-0.39, 0.29) is 0 Å². The molecule has 0 atom stereocenters. The van der Waals surface area contributed by atoms with Gasteiger partial charge in [0.1, 0.15) is 17.4 Å². The first-order chi connectivity index (χ1) is 6.88. The summed E-state index contributed by atoms with van der Waals surface area (Å²) in [5.74, 6) is 0. The molecule has 0 aliphatic heterocycles. The highest BCUT2D eigenvalue weighted by Crippen LogP contribution is 2.25. The van der Waals surface area contributed by atoms with E-state index in [0.717, 1.165) is 4.34 Å². The van der Waals surface area contributed by atoms with E-state index >= 15 is 0 Å². The van der Waals surface area contributed by atoms with Crippen LogP contribution in [0.3, 0.4) is 0 Å². The van der Waals surface area contributed by atoms with E-state index in [1.54, 1.807) is 6.20 Å². The Bertz CT molecular complexity index is 444. The van der Waals surface area contributed by atoms with Crippen LogP contribution in [0.1, 0.15) is 5.69 Å². The Balaban J connectivity index is 2.15. The van der Waals surface area contributed by atoms with Gasteiger partial charge < -0.3 is 0 Å². The van der Waals surface area contributed by atoms with Crippen molar-refractivity contribution in [1.29, 1.82) is 5.26 Å². The lowest BCUT2D eigenvalue weighted by Gasteiger charge is -1.93. The third kappa shape index (κ3) is 2.04. The number of rotatable bonds is 2. The van der Waals surface area contributed by atoms with Gasteiger partial charge in [0.25, 0.3) is 0 Å². The molecule has 0 radical (unpaired) electrons. The molecule has 0 fully saturated rings. The molecule has 0 aliphatic rings. The Labute approximate surface area is 88.0 Å². The van der Waals surface area contributed by atoms with Crippen molar-refractivity contribution in [3.63, 3.8) is 0 Å². The van der Waals surface area contributed by atoms with Gasteiger partial charge in [-0.15, -0.1) is 0 Å².